The van der Waals surface area contributed by atoms with Gasteiger partial charge in [0.05, 0.1) is 12.7 Å². The first-order valence-electron chi connectivity index (χ1n) is 4.45. The van der Waals surface area contributed by atoms with Gasteiger partial charge < -0.3 is 9.30 Å². The molecule has 0 aliphatic rings. The van der Waals surface area contributed by atoms with Crippen LogP contribution in [-0.4, -0.2) is 17.6 Å². The fourth-order valence-electron chi connectivity index (χ4n) is 1.18. The summed E-state index contributed by atoms with van der Waals surface area (Å²) in [6.45, 7) is 0.835. The number of rotatable bonds is 4. The summed E-state index contributed by atoms with van der Waals surface area (Å²) in [6.07, 6.45) is 10.4. The van der Waals surface area contributed by atoms with E-state index < -0.39 is 0 Å². The van der Waals surface area contributed by atoms with Crippen molar-refractivity contribution in [2.24, 2.45) is 0 Å². The third kappa shape index (κ3) is 2.67. The summed E-state index contributed by atoms with van der Waals surface area (Å²) in [6, 6.07) is 1.74. The topological polar surface area (TPSA) is 31.2 Å². The van der Waals surface area contributed by atoms with Crippen molar-refractivity contribution in [3.63, 3.8) is 0 Å². The van der Waals surface area contributed by atoms with Crippen LogP contribution in [-0.2, 0) is 11.3 Å². The van der Waals surface area contributed by atoms with Crippen molar-refractivity contribution in [2.45, 2.75) is 19.4 Å². The van der Waals surface area contributed by atoms with Crippen LogP contribution >= 0.6 is 0 Å². The lowest BCUT2D eigenvalue weighted by atomic mass is 10.3. The molecule has 0 atom stereocenters. The Bertz CT molecular complexity index is 346. The van der Waals surface area contributed by atoms with E-state index in [2.05, 4.69) is 10.7 Å². The van der Waals surface area contributed by atoms with Crippen molar-refractivity contribution in [3.8, 4) is 12.3 Å². The van der Waals surface area contributed by atoms with Gasteiger partial charge >= 0.3 is 5.97 Å². The number of hydrogen-bond donors (Lipinski definition) is 0. The molecular weight excluding hydrogens is 178 g/mol. The fraction of sp³-hybridized carbons (Fsp3) is 0.364. The molecule has 0 unspecified atom stereocenters. The number of methoxy groups -OCH3 is 1. The minimum absolute atomic E-state index is 0.305. The number of aromatic nitrogens is 1. The number of carbonyl (C=O) groups is 1. The van der Waals surface area contributed by atoms with E-state index in [4.69, 9.17) is 6.42 Å². The quantitative estimate of drug-likeness (QED) is 0.412. The highest BCUT2D eigenvalue weighted by atomic mass is 16.5. The Morgan fingerprint density at radius 1 is 1.71 bits per heavy atom. The van der Waals surface area contributed by atoms with Crippen LogP contribution in [0.3, 0.4) is 0 Å². The molecule has 3 nitrogen and oxygen atoms in total. The number of nitrogens with zero attached hydrogens (tertiary/aromatic N) is 1. The monoisotopic (exact) mass is 191 g/mol. The van der Waals surface area contributed by atoms with Gasteiger partial charge in [0, 0.05) is 25.4 Å². The van der Waals surface area contributed by atoms with E-state index in [1.165, 1.54) is 7.11 Å². The molecule has 1 aromatic rings. The largest absolute Gasteiger partial charge is 0.465 e. The zero-order valence-electron chi connectivity index (χ0n) is 8.19. The Morgan fingerprint density at radius 3 is 3.14 bits per heavy atom. The van der Waals surface area contributed by atoms with E-state index in [0.717, 1.165) is 19.4 Å². The van der Waals surface area contributed by atoms with Crippen LogP contribution in [0.25, 0.3) is 0 Å². The average Bonchev–Trinajstić information content (AvgIpc) is 2.66. The average molecular weight is 191 g/mol. The highest BCUT2D eigenvalue weighted by molar-refractivity contribution is 5.89. The first-order valence-corrected chi connectivity index (χ1v) is 4.45. The van der Waals surface area contributed by atoms with Gasteiger partial charge in [0.1, 0.15) is 0 Å². The van der Waals surface area contributed by atoms with Crippen LogP contribution < -0.4 is 0 Å². The van der Waals surface area contributed by atoms with Crippen LogP contribution in [0.4, 0.5) is 0 Å². The molecule has 3 heteroatoms. The summed E-state index contributed by atoms with van der Waals surface area (Å²) in [7, 11) is 1.37. The number of carbonyl (C=O) groups excluding carboxylic acids is 1. The molecule has 0 aliphatic heterocycles. The molecule has 1 rings (SSSR count). The molecule has 0 fully saturated rings. The summed E-state index contributed by atoms with van der Waals surface area (Å²) in [4.78, 5) is 11.1. The van der Waals surface area contributed by atoms with Crippen LogP contribution in [0.1, 0.15) is 23.2 Å². The van der Waals surface area contributed by atoms with Gasteiger partial charge in [-0.05, 0) is 12.5 Å². The molecule has 1 heterocycles. The van der Waals surface area contributed by atoms with Crippen molar-refractivity contribution in [1.29, 1.82) is 0 Å². The Balaban J connectivity index is 2.51. The first kappa shape index (κ1) is 10.4. The van der Waals surface area contributed by atoms with E-state index in [9.17, 15) is 4.79 Å². The standard InChI is InChI=1S/C11H13NO2/c1-3-4-5-7-12-8-6-10(9-12)11(13)14-2/h1,6,8-9H,4-5,7H2,2H3. The maximum absolute atomic E-state index is 11.1. The SMILES string of the molecule is C#CCCCn1ccc(C(=O)OC)c1. The van der Waals surface area contributed by atoms with Gasteiger partial charge in [-0.15, -0.1) is 12.3 Å². The Morgan fingerprint density at radius 2 is 2.50 bits per heavy atom. The highest BCUT2D eigenvalue weighted by Crippen LogP contribution is 2.04. The lowest BCUT2D eigenvalue weighted by Gasteiger charge is -1.98. The number of esters is 1. The number of unbranched alkanes of at least 4 members (excludes halogenated alkanes) is 1. The van der Waals surface area contributed by atoms with E-state index in [0.29, 0.717) is 5.56 Å². The molecule has 74 valence electrons. The molecule has 0 aromatic carbocycles. The fourth-order valence-corrected chi connectivity index (χ4v) is 1.18. The van der Waals surface area contributed by atoms with E-state index in [1.807, 2.05) is 10.8 Å². The Hall–Kier alpha value is -1.69. The van der Waals surface area contributed by atoms with Crippen molar-refractivity contribution in [1.82, 2.24) is 4.57 Å². The lowest BCUT2D eigenvalue weighted by molar-refractivity contribution is 0.0600. The maximum Gasteiger partial charge on any atom is 0.339 e. The van der Waals surface area contributed by atoms with Crippen molar-refractivity contribution in [2.75, 3.05) is 7.11 Å². The zero-order chi connectivity index (χ0) is 10.4. The highest BCUT2D eigenvalue weighted by Gasteiger charge is 2.05. The smallest absolute Gasteiger partial charge is 0.339 e. The summed E-state index contributed by atoms with van der Waals surface area (Å²) in [5.74, 6) is 2.27. The van der Waals surface area contributed by atoms with E-state index in [1.54, 1.807) is 12.3 Å². The van der Waals surface area contributed by atoms with Gasteiger partial charge in [-0.2, -0.15) is 0 Å². The van der Waals surface area contributed by atoms with Crippen LogP contribution in [0.15, 0.2) is 18.5 Å². The first-order chi connectivity index (χ1) is 6.77. The van der Waals surface area contributed by atoms with Crippen LogP contribution in [0.2, 0.25) is 0 Å². The van der Waals surface area contributed by atoms with Gasteiger partial charge in [0.15, 0.2) is 0 Å². The van der Waals surface area contributed by atoms with E-state index in [-0.39, 0.29) is 5.97 Å². The predicted octanol–water partition coefficient (Wildman–Crippen LogP) is 1.69. The Labute approximate surface area is 83.7 Å². The van der Waals surface area contributed by atoms with Gasteiger partial charge in [0.2, 0.25) is 0 Å². The molecular formula is C11H13NO2. The third-order valence-corrected chi connectivity index (χ3v) is 1.91. The lowest BCUT2D eigenvalue weighted by Crippen LogP contribution is -2.00. The van der Waals surface area contributed by atoms with Gasteiger partial charge in [-0.3, -0.25) is 0 Å². The predicted molar refractivity (Wildman–Crippen MR) is 53.8 cm³/mol. The molecule has 0 aliphatic carbocycles. The normalized spacial score (nSPS) is 9.43. The Kier molecular flexibility index (Phi) is 3.81. The molecule has 0 amide bonds. The minimum Gasteiger partial charge on any atom is -0.465 e. The molecule has 0 bridgehead atoms. The van der Waals surface area contributed by atoms with Crippen LogP contribution in [0, 0.1) is 12.3 Å². The van der Waals surface area contributed by atoms with Crippen molar-refractivity contribution >= 4 is 5.97 Å². The second-order valence-electron chi connectivity index (χ2n) is 2.94. The summed E-state index contributed by atoms with van der Waals surface area (Å²) >= 11 is 0. The van der Waals surface area contributed by atoms with Crippen molar-refractivity contribution in [3.05, 3.63) is 24.0 Å². The van der Waals surface area contributed by atoms with Gasteiger partial charge in [0.25, 0.3) is 0 Å². The number of terminal acetylenes is 1. The molecule has 0 saturated heterocycles. The van der Waals surface area contributed by atoms with Gasteiger partial charge in [-0.1, -0.05) is 0 Å². The zero-order valence-corrected chi connectivity index (χ0v) is 8.19. The second kappa shape index (κ2) is 5.13. The van der Waals surface area contributed by atoms with Crippen molar-refractivity contribution < 1.29 is 9.53 Å². The number of ether oxygens (including phenoxy) is 1. The molecule has 0 spiro atoms. The number of hydrogen-bond acceptors (Lipinski definition) is 2. The molecule has 0 saturated carbocycles. The molecule has 14 heavy (non-hydrogen) atoms. The minimum atomic E-state index is -0.305. The summed E-state index contributed by atoms with van der Waals surface area (Å²) in [5, 5.41) is 0. The van der Waals surface area contributed by atoms with Gasteiger partial charge in [-0.25, -0.2) is 4.79 Å². The number of aryl methyl sites for hydroxylation is 1. The molecule has 0 radical (unpaired) electrons. The summed E-state index contributed by atoms with van der Waals surface area (Å²) < 4.78 is 6.52. The van der Waals surface area contributed by atoms with Crippen LogP contribution in [0.5, 0.6) is 0 Å². The maximum atomic E-state index is 11.1. The summed E-state index contributed by atoms with van der Waals surface area (Å²) in [5.41, 5.74) is 0.577. The molecule has 0 N–H and O–H groups in total. The second-order valence-corrected chi connectivity index (χ2v) is 2.94. The van der Waals surface area contributed by atoms with E-state index >= 15 is 0 Å². The molecule has 1 aromatic heterocycles. The third-order valence-electron chi connectivity index (χ3n) is 1.91.